The van der Waals surface area contributed by atoms with Crippen LogP contribution in [0.15, 0.2) is 47.4 Å². The lowest BCUT2D eigenvalue weighted by atomic mass is 9.98. The first-order valence-corrected chi connectivity index (χ1v) is 10.3. The summed E-state index contributed by atoms with van der Waals surface area (Å²) in [5.74, 6) is 0. The minimum Gasteiger partial charge on any atom is -0.380 e. The summed E-state index contributed by atoms with van der Waals surface area (Å²) >= 11 is 12.0. The Hall–Kier alpha value is -1.27. The molecule has 0 fully saturated rings. The molecule has 1 heterocycles. The van der Waals surface area contributed by atoms with Crippen LogP contribution in [-0.2, 0) is 21.2 Å². The molecule has 0 saturated heterocycles. The molecule has 134 valence electrons. The first-order chi connectivity index (χ1) is 11.9. The molecule has 0 saturated carbocycles. The molecule has 1 aliphatic heterocycles. The number of fused-ring (bicyclic) bond motifs is 1. The Morgan fingerprint density at radius 2 is 1.92 bits per heavy atom. The Kier molecular flexibility index (Phi) is 5.58. The van der Waals surface area contributed by atoms with Crippen LogP contribution in [0.4, 0.5) is 5.69 Å². The van der Waals surface area contributed by atoms with Gasteiger partial charge in [0.15, 0.2) is 0 Å². The third-order valence-corrected chi connectivity index (χ3v) is 6.87. The van der Waals surface area contributed by atoms with Crippen molar-refractivity contribution in [1.29, 1.82) is 0 Å². The molecule has 0 spiro atoms. The molecule has 2 aromatic carbocycles. The van der Waals surface area contributed by atoms with Crippen molar-refractivity contribution in [3.8, 4) is 0 Å². The zero-order valence-electron chi connectivity index (χ0n) is 13.8. The molecule has 7 heteroatoms. The average Bonchev–Trinajstić information content (AvgIpc) is 2.61. The van der Waals surface area contributed by atoms with Crippen LogP contribution >= 0.6 is 23.2 Å². The maximum atomic E-state index is 13.4. The molecule has 1 aliphatic rings. The summed E-state index contributed by atoms with van der Waals surface area (Å²) < 4.78 is 33.7. The van der Waals surface area contributed by atoms with E-state index in [1.807, 2.05) is 31.2 Å². The topological polar surface area (TPSA) is 46.6 Å². The van der Waals surface area contributed by atoms with Crippen molar-refractivity contribution in [2.45, 2.75) is 30.7 Å². The number of rotatable bonds is 5. The Balaban J connectivity index is 2.09. The molecule has 3 rings (SSSR count). The number of nitrogens with zero attached hydrogens (tertiary/aromatic N) is 1. The highest BCUT2D eigenvalue weighted by Crippen LogP contribution is 2.36. The number of para-hydroxylation sites is 1. The van der Waals surface area contributed by atoms with Crippen molar-refractivity contribution in [2.24, 2.45) is 0 Å². The van der Waals surface area contributed by atoms with E-state index >= 15 is 0 Å². The quantitative estimate of drug-likeness (QED) is 0.741. The minimum atomic E-state index is -3.78. The van der Waals surface area contributed by atoms with Crippen LogP contribution in [-0.4, -0.2) is 27.7 Å². The van der Waals surface area contributed by atoms with Gasteiger partial charge in [0.05, 0.1) is 33.3 Å². The van der Waals surface area contributed by atoms with Gasteiger partial charge in [0.25, 0.3) is 10.0 Å². The third-order valence-electron chi connectivity index (χ3n) is 4.27. The highest BCUT2D eigenvalue weighted by Gasteiger charge is 2.36. The second kappa shape index (κ2) is 7.54. The van der Waals surface area contributed by atoms with Gasteiger partial charge in [-0.05, 0) is 49.6 Å². The van der Waals surface area contributed by atoms with Crippen molar-refractivity contribution < 1.29 is 13.2 Å². The molecule has 0 aliphatic carbocycles. The molecule has 2 aromatic rings. The predicted molar refractivity (Wildman–Crippen MR) is 101 cm³/mol. The lowest BCUT2D eigenvalue weighted by Crippen LogP contribution is -2.46. The monoisotopic (exact) mass is 399 g/mol. The molecule has 0 aromatic heterocycles. The van der Waals surface area contributed by atoms with E-state index in [0.29, 0.717) is 30.3 Å². The molecule has 25 heavy (non-hydrogen) atoms. The molecule has 0 amide bonds. The summed E-state index contributed by atoms with van der Waals surface area (Å²) in [7, 11) is -3.78. The van der Waals surface area contributed by atoms with Gasteiger partial charge in [0, 0.05) is 6.61 Å². The van der Waals surface area contributed by atoms with Gasteiger partial charge in [-0.25, -0.2) is 8.42 Å². The number of sulfonamides is 1. The van der Waals surface area contributed by atoms with Crippen molar-refractivity contribution in [3.05, 3.63) is 58.1 Å². The van der Waals surface area contributed by atoms with Crippen LogP contribution < -0.4 is 4.31 Å². The first-order valence-electron chi connectivity index (χ1n) is 8.10. The van der Waals surface area contributed by atoms with Gasteiger partial charge in [0.1, 0.15) is 0 Å². The van der Waals surface area contributed by atoms with Crippen LogP contribution in [0.1, 0.15) is 18.9 Å². The number of ether oxygens (including phenoxy) is 1. The summed E-state index contributed by atoms with van der Waals surface area (Å²) in [4.78, 5) is 0.125. The van der Waals surface area contributed by atoms with E-state index in [-0.39, 0.29) is 16.0 Å². The lowest BCUT2D eigenvalue weighted by molar-refractivity contribution is 0.131. The van der Waals surface area contributed by atoms with Crippen molar-refractivity contribution >= 4 is 38.9 Å². The molecule has 0 N–H and O–H groups in total. The van der Waals surface area contributed by atoms with Gasteiger partial charge < -0.3 is 4.74 Å². The fourth-order valence-corrected chi connectivity index (χ4v) is 5.15. The van der Waals surface area contributed by atoms with Crippen LogP contribution in [0.25, 0.3) is 0 Å². The van der Waals surface area contributed by atoms with Gasteiger partial charge in [-0.3, -0.25) is 4.31 Å². The molecule has 1 unspecified atom stereocenters. The number of aryl methyl sites for hydroxylation is 1. The number of hydrogen-bond acceptors (Lipinski definition) is 3. The molecular weight excluding hydrogens is 381 g/mol. The van der Waals surface area contributed by atoms with Crippen LogP contribution in [0.3, 0.4) is 0 Å². The van der Waals surface area contributed by atoms with E-state index in [0.717, 1.165) is 12.0 Å². The maximum absolute atomic E-state index is 13.4. The van der Waals surface area contributed by atoms with Crippen LogP contribution in [0, 0.1) is 0 Å². The number of anilines is 1. The van der Waals surface area contributed by atoms with Crippen LogP contribution in [0.5, 0.6) is 0 Å². The van der Waals surface area contributed by atoms with E-state index in [4.69, 9.17) is 27.9 Å². The fourth-order valence-electron chi connectivity index (χ4n) is 3.05. The Bertz CT molecular complexity index is 870. The average molecular weight is 400 g/mol. The minimum absolute atomic E-state index is 0.125. The van der Waals surface area contributed by atoms with Gasteiger partial charge in [-0.15, -0.1) is 0 Å². The van der Waals surface area contributed by atoms with E-state index in [1.165, 1.54) is 22.5 Å². The van der Waals surface area contributed by atoms with Crippen molar-refractivity contribution in [3.63, 3.8) is 0 Å². The van der Waals surface area contributed by atoms with E-state index < -0.39 is 10.0 Å². The zero-order valence-corrected chi connectivity index (χ0v) is 16.1. The number of benzene rings is 2. The standard InChI is InChI=1S/C18H19Cl2NO3S/c1-2-24-12-14-8-7-13-5-3-4-6-18(13)21(14)25(22,23)15-9-10-16(19)17(20)11-15/h3-6,9-11,14H,2,7-8,12H2,1H3. The van der Waals surface area contributed by atoms with E-state index in [2.05, 4.69) is 0 Å². The molecule has 0 radical (unpaired) electrons. The Morgan fingerprint density at radius 1 is 1.16 bits per heavy atom. The van der Waals surface area contributed by atoms with Gasteiger partial charge >= 0.3 is 0 Å². The van der Waals surface area contributed by atoms with Crippen molar-refractivity contribution in [1.82, 2.24) is 0 Å². The first kappa shape index (κ1) is 18.5. The smallest absolute Gasteiger partial charge is 0.264 e. The SMILES string of the molecule is CCOCC1CCc2ccccc2N1S(=O)(=O)c1ccc(Cl)c(Cl)c1. The molecule has 1 atom stereocenters. The summed E-state index contributed by atoms with van der Waals surface area (Å²) in [6.45, 7) is 2.79. The van der Waals surface area contributed by atoms with Gasteiger partial charge in [-0.1, -0.05) is 41.4 Å². The highest BCUT2D eigenvalue weighted by molar-refractivity contribution is 7.92. The summed E-state index contributed by atoms with van der Waals surface area (Å²) in [5, 5.41) is 0.542. The number of hydrogen-bond donors (Lipinski definition) is 0. The van der Waals surface area contributed by atoms with Gasteiger partial charge in [0.2, 0.25) is 0 Å². The predicted octanol–water partition coefficient (Wildman–Crippen LogP) is 4.54. The Morgan fingerprint density at radius 3 is 2.64 bits per heavy atom. The third kappa shape index (κ3) is 3.65. The molecule has 0 bridgehead atoms. The van der Waals surface area contributed by atoms with Gasteiger partial charge in [-0.2, -0.15) is 0 Å². The van der Waals surface area contributed by atoms with E-state index in [1.54, 1.807) is 0 Å². The number of halogens is 2. The summed E-state index contributed by atoms with van der Waals surface area (Å²) in [5.41, 5.74) is 1.71. The fraction of sp³-hybridized carbons (Fsp3) is 0.333. The second-order valence-corrected chi connectivity index (χ2v) is 8.49. The largest absolute Gasteiger partial charge is 0.380 e. The zero-order chi connectivity index (χ0) is 18.0. The molecule has 4 nitrogen and oxygen atoms in total. The highest BCUT2D eigenvalue weighted by atomic mass is 35.5. The summed E-state index contributed by atoms with van der Waals surface area (Å²) in [6.07, 6.45) is 1.53. The van der Waals surface area contributed by atoms with E-state index in [9.17, 15) is 8.42 Å². The summed E-state index contributed by atoms with van der Waals surface area (Å²) in [6, 6.07) is 11.7. The normalized spacial score (nSPS) is 17.4. The second-order valence-electron chi connectivity index (χ2n) is 5.86. The van der Waals surface area contributed by atoms with Crippen LogP contribution in [0.2, 0.25) is 10.0 Å². The maximum Gasteiger partial charge on any atom is 0.264 e. The van der Waals surface area contributed by atoms with Crippen molar-refractivity contribution in [2.75, 3.05) is 17.5 Å². The molecular formula is C18H19Cl2NO3S. The Labute approximate surface area is 158 Å². The lowest BCUT2D eigenvalue weighted by Gasteiger charge is -2.37.